The highest BCUT2D eigenvalue weighted by Gasteiger charge is 2.47. The lowest BCUT2D eigenvalue weighted by molar-refractivity contribution is -0.173. The number of carbonyl (C=O) groups is 1. The third-order valence-corrected chi connectivity index (χ3v) is 6.15. The summed E-state index contributed by atoms with van der Waals surface area (Å²) in [6.45, 7) is 0. The van der Waals surface area contributed by atoms with Gasteiger partial charge in [-0.05, 0) is 36.1 Å². The molecule has 0 spiro atoms. The molecule has 1 aliphatic rings. The van der Waals surface area contributed by atoms with Crippen LogP contribution in [0.25, 0.3) is 0 Å². The first-order chi connectivity index (χ1) is 15.3. The van der Waals surface area contributed by atoms with E-state index in [1.165, 1.54) is 25.1 Å². The fourth-order valence-electron chi connectivity index (χ4n) is 3.72. The molecule has 32 heavy (non-hydrogen) atoms. The van der Waals surface area contributed by atoms with Gasteiger partial charge in [-0.2, -0.15) is 18.3 Å². The summed E-state index contributed by atoms with van der Waals surface area (Å²) in [6.07, 6.45) is -1.72. The van der Waals surface area contributed by atoms with E-state index in [-0.39, 0.29) is 17.8 Å². The number of methoxy groups -OCH3 is 1. The zero-order valence-electron chi connectivity index (χ0n) is 17.3. The number of hydrogen-bond donors (Lipinski definition) is 2. The van der Waals surface area contributed by atoms with Crippen molar-refractivity contribution in [1.29, 1.82) is 0 Å². The number of hydrogen-bond acceptors (Lipinski definition) is 5. The molecule has 10 heteroatoms. The van der Waals surface area contributed by atoms with Crippen LogP contribution in [0.15, 0.2) is 59.6 Å². The van der Waals surface area contributed by atoms with E-state index < -0.39 is 24.2 Å². The molecule has 3 aromatic rings. The minimum atomic E-state index is -4.52. The predicted molar refractivity (Wildman–Crippen MR) is 117 cm³/mol. The highest BCUT2D eigenvalue weighted by atomic mass is 32.2. The van der Waals surface area contributed by atoms with Crippen LogP contribution in [0.4, 0.5) is 24.7 Å². The lowest BCUT2D eigenvalue weighted by Gasteiger charge is -2.34. The van der Waals surface area contributed by atoms with Gasteiger partial charge in [0.2, 0.25) is 0 Å². The van der Waals surface area contributed by atoms with Gasteiger partial charge in [0.1, 0.15) is 17.1 Å². The molecule has 1 aromatic heterocycles. The van der Waals surface area contributed by atoms with Crippen molar-refractivity contribution in [1.82, 2.24) is 9.78 Å². The predicted octanol–water partition coefficient (Wildman–Crippen LogP) is 5.53. The number of anilines is 2. The SMILES string of the molecule is COc1ccc([C@@H]2C[C@H](C(F)(F)F)n3ncc(C(=O)Nc4ccccc4SC)c3N2)cc1. The lowest BCUT2D eigenvalue weighted by Crippen LogP contribution is -2.36. The number of benzene rings is 2. The van der Waals surface area contributed by atoms with E-state index in [9.17, 15) is 18.0 Å². The maximum absolute atomic E-state index is 13.9. The Morgan fingerprint density at radius 1 is 1.22 bits per heavy atom. The number of para-hydroxylation sites is 1. The number of carbonyl (C=O) groups excluding carboxylic acids is 1. The molecule has 0 saturated heterocycles. The van der Waals surface area contributed by atoms with Crippen molar-refractivity contribution in [2.24, 2.45) is 0 Å². The molecule has 168 valence electrons. The van der Waals surface area contributed by atoms with Crippen molar-refractivity contribution < 1.29 is 22.7 Å². The number of ether oxygens (including phenoxy) is 1. The summed E-state index contributed by atoms with van der Waals surface area (Å²) in [7, 11) is 1.52. The van der Waals surface area contributed by atoms with Gasteiger partial charge >= 0.3 is 6.18 Å². The van der Waals surface area contributed by atoms with Crippen LogP contribution in [0.1, 0.15) is 34.4 Å². The molecule has 1 aliphatic heterocycles. The fourth-order valence-corrected chi connectivity index (χ4v) is 4.27. The Kier molecular flexibility index (Phi) is 6.05. The smallest absolute Gasteiger partial charge is 0.410 e. The van der Waals surface area contributed by atoms with Crippen LogP contribution < -0.4 is 15.4 Å². The third-order valence-electron chi connectivity index (χ3n) is 5.36. The Morgan fingerprint density at radius 3 is 2.59 bits per heavy atom. The minimum absolute atomic E-state index is 0.0403. The molecule has 2 heterocycles. The number of thioether (sulfide) groups is 1. The molecule has 2 aromatic carbocycles. The summed E-state index contributed by atoms with van der Waals surface area (Å²) in [5.74, 6) is 0.115. The molecule has 0 aliphatic carbocycles. The average Bonchev–Trinajstić information content (AvgIpc) is 3.22. The monoisotopic (exact) mass is 462 g/mol. The second-order valence-electron chi connectivity index (χ2n) is 7.27. The van der Waals surface area contributed by atoms with Gasteiger partial charge in [-0.3, -0.25) is 4.79 Å². The van der Waals surface area contributed by atoms with Crippen LogP contribution in [0.3, 0.4) is 0 Å². The quantitative estimate of drug-likeness (QED) is 0.489. The Morgan fingerprint density at radius 2 is 1.94 bits per heavy atom. The summed E-state index contributed by atoms with van der Waals surface area (Å²) in [6, 6.07) is 11.5. The normalized spacial score (nSPS) is 17.9. The van der Waals surface area contributed by atoms with E-state index in [1.807, 2.05) is 18.4 Å². The Hall–Kier alpha value is -3.14. The van der Waals surface area contributed by atoms with Gasteiger partial charge in [0.15, 0.2) is 6.04 Å². The molecule has 0 saturated carbocycles. The van der Waals surface area contributed by atoms with Crippen molar-refractivity contribution in [3.05, 3.63) is 65.9 Å². The first-order valence-electron chi connectivity index (χ1n) is 9.81. The zero-order valence-corrected chi connectivity index (χ0v) is 18.1. The maximum atomic E-state index is 13.9. The average molecular weight is 462 g/mol. The summed E-state index contributed by atoms with van der Waals surface area (Å²) in [5.41, 5.74) is 1.29. The lowest BCUT2D eigenvalue weighted by atomic mass is 9.96. The molecule has 2 atom stereocenters. The zero-order chi connectivity index (χ0) is 22.9. The Bertz CT molecular complexity index is 1120. The van der Waals surface area contributed by atoms with Crippen molar-refractivity contribution in [3.63, 3.8) is 0 Å². The third kappa shape index (κ3) is 4.27. The van der Waals surface area contributed by atoms with Crippen LogP contribution in [-0.4, -0.2) is 35.2 Å². The van der Waals surface area contributed by atoms with Crippen molar-refractivity contribution in [2.45, 2.75) is 29.6 Å². The second kappa shape index (κ2) is 8.78. The molecule has 1 amide bonds. The number of rotatable bonds is 5. The van der Waals surface area contributed by atoms with Crippen LogP contribution in [0.5, 0.6) is 5.75 Å². The molecule has 0 bridgehead atoms. The van der Waals surface area contributed by atoms with Gasteiger partial charge in [0, 0.05) is 11.3 Å². The van der Waals surface area contributed by atoms with Crippen molar-refractivity contribution in [2.75, 3.05) is 24.0 Å². The molecule has 2 N–H and O–H groups in total. The van der Waals surface area contributed by atoms with Crippen molar-refractivity contribution >= 4 is 29.2 Å². The van der Waals surface area contributed by atoms with E-state index in [2.05, 4.69) is 15.7 Å². The van der Waals surface area contributed by atoms with E-state index >= 15 is 0 Å². The van der Waals surface area contributed by atoms with Crippen molar-refractivity contribution in [3.8, 4) is 5.75 Å². The number of nitrogens with zero attached hydrogens (tertiary/aromatic N) is 2. The summed E-state index contributed by atoms with van der Waals surface area (Å²) in [5, 5.41) is 9.79. The van der Waals surface area contributed by atoms with Crippen LogP contribution in [-0.2, 0) is 0 Å². The molecule has 0 unspecified atom stereocenters. The highest BCUT2D eigenvalue weighted by Crippen LogP contribution is 2.44. The first-order valence-corrected chi connectivity index (χ1v) is 11.0. The molecule has 6 nitrogen and oxygen atoms in total. The van der Waals surface area contributed by atoms with E-state index in [0.29, 0.717) is 17.0 Å². The van der Waals surface area contributed by atoms with Crippen LogP contribution in [0, 0.1) is 0 Å². The van der Waals surface area contributed by atoms with E-state index in [0.717, 1.165) is 9.58 Å². The number of halogens is 3. The van der Waals surface area contributed by atoms with Crippen LogP contribution >= 0.6 is 11.8 Å². The van der Waals surface area contributed by atoms with Gasteiger partial charge in [-0.1, -0.05) is 24.3 Å². The molecule has 0 fully saturated rings. The van der Waals surface area contributed by atoms with Gasteiger partial charge in [-0.25, -0.2) is 4.68 Å². The van der Waals surface area contributed by atoms with E-state index in [1.54, 1.807) is 36.4 Å². The van der Waals surface area contributed by atoms with Crippen LogP contribution in [0.2, 0.25) is 0 Å². The standard InChI is InChI=1S/C22H21F3N4O2S/c1-31-14-9-7-13(8-10-14)17-11-19(22(23,24)25)29-20(27-17)15(12-26-29)21(30)28-16-5-3-4-6-18(16)32-2/h3-10,12,17,19,27H,11H2,1-2H3,(H,28,30)/t17-,19+/m0/s1. The Balaban J connectivity index is 1.68. The summed E-state index contributed by atoms with van der Waals surface area (Å²) >= 11 is 1.46. The largest absolute Gasteiger partial charge is 0.497 e. The number of nitrogens with one attached hydrogen (secondary N) is 2. The molecule has 0 radical (unpaired) electrons. The number of aromatic nitrogens is 2. The second-order valence-corrected chi connectivity index (χ2v) is 8.12. The van der Waals surface area contributed by atoms with Gasteiger partial charge in [0.05, 0.1) is 25.0 Å². The van der Waals surface area contributed by atoms with Gasteiger partial charge in [-0.15, -0.1) is 11.8 Å². The Labute approximate surface area is 187 Å². The number of fused-ring (bicyclic) bond motifs is 1. The van der Waals surface area contributed by atoms with E-state index in [4.69, 9.17) is 4.74 Å². The number of alkyl halides is 3. The molecular weight excluding hydrogens is 441 g/mol. The topological polar surface area (TPSA) is 68.2 Å². The highest BCUT2D eigenvalue weighted by molar-refractivity contribution is 7.98. The summed E-state index contributed by atoms with van der Waals surface area (Å²) < 4.78 is 47.6. The fraction of sp³-hybridized carbons (Fsp3) is 0.273. The summed E-state index contributed by atoms with van der Waals surface area (Å²) in [4.78, 5) is 13.8. The van der Waals surface area contributed by atoms with Gasteiger partial charge < -0.3 is 15.4 Å². The number of amides is 1. The minimum Gasteiger partial charge on any atom is -0.497 e. The van der Waals surface area contributed by atoms with Gasteiger partial charge in [0.25, 0.3) is 5.91 Å². The molecular formula is C22H21F3N4O2S. The molecule has 4 rings (SSSR count). The maximum Gasteiger partial charge on any atom is 0.410 e. The first kappa shape index (κ1) is 22.1.